The number of carbonyl (C=O) groups is 2. The van der Waals surface area contributed by atoms with E-state index >= 15 is 0 Å². The Morgan fingerprint density at radius 2 is 1.81 bits per heavy atom. The van der Waals surface area contributed by atoms with Crippen molar-refractivity contribution >= 4 is 35.9 Å². The molecule has 10 heteroatoms. The standard InChI is InChI=1S/C32H38ClN3O5.ClH/c1-21-8-5-6-9-24(21)25-11-13-27(30(38)35-32(31(39)40-4)16-14-23(37)15-17-32)34-29(25)22-10-12-26(33)28(20-22)41-19-7-18-36(2)3;/h5-6,8-13,20,23,37H,7,14-19H2,1-4H3,(H,35,38);1H. The number of rotatable bonds is 10. The van der Waals surface area contributed by atoms with E-state index in [1.165, 1.54) is 7.11 Å². The zero-order chi connectivity index (χ0) is 29.6. The molecule has 0 bridgehead atoms. The van der Waals surface area contributed by atoms with Crippen LogP contribution in [-0.4, -0.2) is 72.9 Å². The molecule has 0 radical (unpaired) electrons. The van der Waals surface area contributed by atoms with Crippen LogP contribution >= 0.6 is 24.0 Å². The van der Waals surface area contributed by atoms with Crippen LogP contribution in [0.5, 0.6) is 5.75 Å². The Morgan fingerprint density at radius 3 is 2.48 bits per heavy atom. The molecule has 42 heavy (non-hydrogen) atoms. The number of nitrogens with one attached hydrogen (secondary N) is 1. The summed E-state index contributed by atoms with van der Waals surface area (Å²) < 4.78 is 11.1. The van der Waals surface area contributed by atoms with Gasteiger partial charge in [-0.25, -0.2) is 9.78 Å². The average Bonchev–Trinajstić information content (AvgIpc) is 2.97. The first-order valence-electron chi connectivity index (χ1n) is 13.9. The molecule has 0 saturated heterocycles. The van der Waals surface area contributed by atoms with E-state index < -0.39 is 23.5 Å². The van der Waals surface area contributed by atoms with E-state index in [1.807, 2.05) is 63.5 Å². The summed E-state index contributed by atoms with van der Waals surface area (Å²) in [4.78, 5) is 33.3. The lowest BCUT2D eigenvalue weighted by atomic mass is 9.80. The highest BCUT2D eigenvalue weighted by Crippen LogP contribution is 2.37. The zero-order valence-electron chi connectivity index (χ0n) is 24.5. The molecule has 0 spiro atoms. The molecule has 2 aromatic carbocycles. The first-order valence-corrected chi connectivity index (χ1v) is 14.2. The molecule has 1 fully saturated rings. The Hall–Kier alpha value is -3.17. The smallest absolute Gasteiger partial charge is 0.331 e. The van der Waals surface area contributed by atoms with Gasteiger partial charge >= 0.3 is 5.97 Å². The molecule has 226 valence electrons. The lowest BCUT2D eigenvalue weighted by Gasteiger charge is -2.36. The zero-order valence-corrected chi connectivity index (χ0v) is 26.1. The molecule has 1 aromatic heterocycles. The van der Waals surface area contributed by atoms with Crippen molar-refractivity contribution in [1.29, 1.82) is 0 Å². The van der Waals surface area contributed by atoms with Crippen LogP contribution in [0, 0.1) is 6.92 Å². The minimum atomic E-state index is -1.21. The van der Waals surface area contributed by atoms with Gasteiger partial charge in [-0.15, -0.1) is 12.4 Å². The molecular weight excluding hydrogens is 577 g/mol. The van der Waals surface area contributed by atoms with Gasteiger partial charge in [-0.2, -0.15) is 0 Å². The van der Waals surface area contributed by atoms with Crippen LogP contribution in [0.4, 0.5) is 0 Å². The third-order valence-corrected chi connectivity index (χ3v) is 7.82. The summed E-state index contributed by atoms with van der Waals surface area (Å²) in [6, 6.07) is 17.0. The van der Waals surface area contributed by atoms with Crippen molar-refractivity contribution < 1.29 is 24.2 Å². The molecule has 3 aromatic rings. The van der Waals surface area contributed by atoms with Crippen LogP contribution in [0.25, 0.3) is 22.4 Å². The van der Waals surface area contributed by atoms with E-state index in [4.69, 9.17) is 26.1 Å². The van der Waals surface area contributed by atoms with E-state index in [0.717, 1.165) is 35.2 Å². The van der Waals surface area contributed by atoms with E-state index in [2.05, 4.69) is 10.2 Å². The van der Waals surface area contributed by atoms with Gasteiger partial charge in [0.05, 0.1) is 30.5 Å². The normalized spacial score (nSPS) is 18.2. The number of aromatic nitrogens is 1. The van der Waals surface area contributed by atoms with Gasteiger partial charge in [0.15, 0.2) is 0 Å². The number of pyridine rings is 1. The van der Waals surface area contributed by atoms with Crippen molar-refractivity contribution in [3.05, 3.63) is 70.9 Å². The molecule has 1 amide bonds. The molecular formula is C32H39Cl2N3O5. The number of halogens is 2. The largest absolute Gasteiger partial charge is 0.492 e. The first-order chi connectivity index (χ1) is 19.6. The van der Waals surface area contributed by atoms with Crippen LogP contribution < -0.4 is 10.1 Å². The van der Waals surface area contributed by atoms with Crippen LogP contribution in [0.15, 0.2) is 54.6 Å². The highest BCUT2D eigenvalue weighted by Gasteiger charge is 2.44. The number of hydrogen-bond acceptors (Lipinski definition) is 7. The number of carbonyl (C=O) groups excluding carboxylic acids is 2. The van der Waals surface area contributed by atoms with Crippen molar-refractivity contribution in [3.63, 3.8) is 0 Å². The summed E-state index contributed by atoms with van der Waals surface area (Å²) in [5.74, 6) is -0.470. The number of nitrogens with zero attached hydrogens (tertiary/aromatic N) is 2. The first kappa shape index (κ1) is 33.3. The molecule has 1 saturated carbocycles. The lowest BCUT2D eigenvalue weighted by molar-refractivity contribution is -0.150. The number of ether oxygens (including phenoxy) is 2. The topological polar surface area (TPSA) is 101 Å². The maximum Gasteiger partial charge on any atom is 0.331 e. The highest BCUT2D eigenvalue weighted by atomic mass is 35.5. The fourth-order valence-electron chi connectivity index (χ4n) is 5.17. The number of aliphatic hydroxyl groups is 1. The van der Waals surface area contributed by atoms with Gasteiger partial charge in [-0.3, -0.25) is 4.79 Å². The fraction of sp³-hybridized carbons (Fsp3) is 0.406. The predicted octanol–water partition coefficient (Wildman–Crippen LogP) is 5.71. The fourth-order valence-corrected chi connectivity index (χ4v) is 5.35. The van der Waals surface area contributed by atoms with Gasteiger partial charge in [0.1, 0.15) is 17.0 Å². The highest BCUT2D eigenvalue weighted by molar-refractivity contribution is 6.32. The van der Waals surface area contributed by atoms with Crippen LogP contribution in [0.2, 0.25) is 5.02 Å². The number of methoxy groups -OCH3 is 1. The lowest BCUT2D eigenvalue weighted by Crippen LogP contribution is -2.57. The number of hydrogen-bond donors (Lipinski definition) is 2. The summed E-state index contributed by atoms with van der Waals surface area (Å²) in [6.07, 6.45) is 1.69. The monoisotopic (exact) mass is 615 g/mol. The Labute approximate surface area is 258 Å². The summed E-state index contributed by atoms with van der Waals surface area (Å²) in [6.45, 7) is 3.42. The summed E-state index contributed by atoms with van der Waals surface area (Å²) in [5.41, 5.74) is 3.18. The molecule has 0 atom stereocenters. The van der Waals surface area contributed by atoms with E-state index in [0.29, 0.717) is 35.9 Å². The van der Waals surface area contributed by atoms with Crippen LogP contribution in [0.3, 0.4) is 0 Å². The number of amides is 1. The SMILES string of the molecule is COC(=O)C1(NC(=O)c2ccc(-c3ccccc3C)c(-c3ccc(Cl)c(OCCCN(C)C)c3)n2)CCC(O)CC1.Cl. The minimum absolute atomic E-state index is 0. The maximum absolute atomic E-state index is 13.6. The second kappa shape index (κ2) is 14.8. The summed E-state index contributed by atoms with van der Waals surface area (Å²) >= 11 is 6.48. The van der Waals surface area contributed by atoms with Gasteiger partial charge in [0, 0.05) is 17.7 Å². The number of aliphatic hydroxyl groups excluding tert-OH is 1. The summed E-state index contributed by atoms with van der Waals surface area (Å²) in [7, 11) is 5.33. The second-order valence-corrected chi connectivity index (χ2v) is 11.2. The Balaban J connectivity index is 0.00000484. The van der Waals surface area contributed by atoms with Gasteiger partial charge in [-0.05, 0) is 88.5 Å². The molecule has 1 aliphatic rings. The van der Waals surface area contributed by atoms with Gasteiger partial charge < -0.3 is 24.8 Å². The van der Waals surface area contributed by atoms with E-state index in [9.17, 15) is 14.7 Å². The molecule has 1 aliphatic carbocycles. The predicted molar refractivity (Wildman–Crippen MR) is 167 cm³/mol. The molecule has 2 N–H and O–H groups in total. The van der Waals surface area contributed by atoms with Crippen molar-refractivity contribution in [2.24, 2.45) is 0 Å². The third-order valence-electron chi connectivity index (χ3n) is 7.51. The average molecular weight is 617 g/mol. The number of esters is 1. The molecule has 0 aliphatic heterocycles. The molecule has 4 rings (SSSR count). The van der Waals surface area contributed by atoms with Crippen molar-refractivity contribution in [3.8, 4) is 28.1 Å². The maximum atomic E-state index is 13.6. The van der Waals surface area contributed by atoms with Gasteiger partial charge in [0.25, 0.3) is 5.91 Å². The second-order valence-electron chi connectivity index (χ2n) is 10.8. The minimum Gasteiger partial charge on any atom is -0.492 e. The number of aryl methyl sites for hydroxylation is 1. The van der Waals surface area contributed by atoms with E-state index in [-0.39, 0.29) is 30.9 Å². The Morgan fingerprint density at radius 1 is 1.10 bits per heavy atom. The van der Waals surface area contributed by atoms with E-state index in [1.54, 1.807) is 12.1 Å². The van der Waals surface area contributed by atoms with Gasteiger partial charge in [-0.1, -0.05) is 41.9 Å². The molecule has 8 nitrogen and oxygen atoms in total. The molecule has 1 heterocycles. The quantitative estimate of drug-likeness (QED) is 0.223. The molecule has 0 unspecified atom stereocenters. The van der Waals surface area contributed by atoms with Crippen molar-refractivity contribution in [2.75, 3.05) is 34.4 Å². The van der Waals surface area contributed by atoms with Gasteiger partial charge in [0.2, 0.25) is 0 Å². The summed E-state index contributed by atoms with van der Waals surface area (Å²) in [5, 5.41) is 13.4. The van der Waals surface area contributed by atoms with Crippen molar-refractivity contribution in [1.82, 2.24) is 15.2 Å². The van der Waals surface area contributed by atoms with Crippen molar-refractivity contribution in [2.45, 2.75) is 50.7 Å². The Bertz CT molecular complexity index is 1390. The van der Waals surface area contributed by atoms with Crippen LogP contribution in [0.1, 0.15) is 48.2 Å². The third kappa shape index (κ3) is 7.81. The number of benzene rings is 2. The Kier molecular flexibility index (Phi) is 11.8. The van der Waals surface area contributed by atoms with Crippen LogP contribution in [-0.2, 0) is 9.53 Å².